The van der Waals surface area contributed by atoms with Crippen LogP contribution < -0.4 is 30.7 Å². The van der Waals surface area contributed by atoms with Crippen LogP contribution in [0, 0.1) is 3.57 Å². The van der Waals surface area contributed by atoms with E-state index >= 15 is 0 Å². The number of anilines is 4. The highest BCUT2D eigenvalue weighted by Gasteiger charge is 2.14. The van der Waals surface area contributed by atoms with Crippen LogP contribution in [0.3, 0.4) is 0 Å². The third-order valence-corrected chi connectivity index (χ3v) is 10.3. The Morgan fingerprint density at radius 1 is 0.597 bits per heavy atom. The lowest BCUT2D eigenvalue weighted by molar-refractivity contribution is 0.0950. The van der Waals surface area contributed by atoms with Gasteiger partial charge in [0.05, 0.1) is 34.6 Å². The zero-order valence-corrected chi connectivity index (χ0v) is 36.0. The van der Waals surface area contributed by atoms with Gasteiger partial charge in [0.25, 0.3) is 11.8 Å². The number of imidazole rings is 2. The third kappa shape index (κ3) is 9.34. The number of carbonyl (C=O) groups is 2. The standard InChI is InChI=1S/C25H21N5O3.C21H18IN5O2/c1-26-24(31)22-14-20(8-10-27-22)33-19-6-7-23-21(13-19)29-25(30(23)2)28-18-5-3-4-16(12-18)17-9-11-32-15-17;1-23-20(28)18-12-16(8-9-24-18)29-15-6-7-19-17(11-15)26-21(27(19)2)25-14-5-3-4-13(22)10-14/h3-15H,1-2H3,(H,26,31)(H,28,29);3-12H,1-2H3,(H,23,28)(H,25,26). The predicted molar refractivity (Wildman–Crippen MR) is 247 cm³/mol. The summed E-state index contributed by atoms with van der Waals surface area (Å²) in [6.45, 7) is 0. The van der Waals surface area contributed by atoms with E-state index in [4.69, 9.17) is 23.9 Å². The van der Waals surface area contributed by atoms with Crippen molar-refractivity contribution in [2.45, 2.75) is 0 Å². The van der Waals surface area contributed by atoms with Gasteiger partial charge in [-0.25, -0.2) is 9.97 Å². The fourth-order valence-corrected chi connectivity index (χ4v) is 7.01. The minimum Gasteiger partial charge on any atom is -0.472 e. The third-order valence-electron chi connectivity index (χ3n) is 9.61. The van der Waals surface area contributed by atoms with Gasteiger partial charge in [0.2, 0.25) is 11.9 Å². The summed E-state index contributed by atoms with van der Waals surface area (Å²) in [4.78, 5) is 41.1. The molecule has 0 spiro atoms. The predicted octanol–water partition coefficient (Wildman–Crippen LogP) is 9.59. The van der Waals surface area contributed by atoms with Gasteiger partial charge in [0, 0.05) is 85.4 Å². The number of benzene rings is 4. The molecule has 0 radical (unpaired) electrons. The Hall–Kier alpha value is -7.73. The average Bonchev–Trinajstić information content (AvgIpc) is 4.01. The molecule has 5 heterocycles. The molecule has 0 fully saturated rings. The van der Waals surface area contributed by atoms with Gasteiger partial charge >= 0.3 is 0 Å². The lowest BCUT2D eigenvalue weighted by Gasteiger charge is -2.08. The topological polar surface area (TPSA) is 175 Å². The molecule has 9 rings (SSSR count). The number of pyridine rings is 2. The molecule has 0 aliphatic rings. The number of hydrogen-bond donors (Lipinski definition) is 4. The Labute approximate surface area is 369 Å². The maximum Gasteiger partial charge on any atom is 0.269 e. The van der Waals surface area contributed by atoms with Crippen LogP contribution in [-0.4, -0.2) is 55.0 Å². The van der Waals surface area contributed by atoms with Gasteiger partial charge in [-0.15, -0.1) is 0 Å². The van der Waals surface area contributed by atoms with Crippen molar-refractivity contribution in [2.24, 2.45) is 14.1 Å². The van der Waals surface area contributed by atoms with Gasteiger partial charge in [-0.2, -0.15) is 0 Å². The number of halogens is 1. The number of amides is 2. The van der Waals surface area contributed by atoms with E-state index in [2.05, 4.69) is 59.9 Å². The largest absolute Gasteiger partial charge is 0.472 e. The first kappa shape index (κ1) is 41.0. The molecule has 0 unspecified atom stereocenters. The number of furan rings is 1. The summed E-state index contributed by atoms with van der Waals surface area (Å²) in [5, 5.41) is 11.8. The second-order valence-electron chi connectivity index (χ2n) is 13.8. The van der Waals surface area contributed by atoms with Crippen molar-refractivity contribution in [3.05, 3.63) is 155 Å². The molecule has 4 aromatic carbocycles. The number of rotatable bonds is 11. The second kappa shape index (κ2) is 18.3. The zero-order valence-electron chi connectivity index (χ0n) is 33.9. The van der Waals surface area contributed by atoms with Crippen LogP contribution in [0.5, 0.6) is 23.0 Å². The molecule has 16 heteroatoms. The molecule has 0 aliphatic carbocycles. The summed E-state index contributed by atoms with van der Waals surface area (Å²) in [6, 6.07) is 36.1. The Morgan fingerprint density at radius 3 is 1.61 bits per heavy atom. The summed E-state index contributed by atoms with van der Waals surface area (Å²) >= 11 is 2.28. The number of aromatic nitrogens is 6. The summed E-state index contributed by atoms with van der Waals surface area (Å²) in [5.74, 6) is 3.21. The molecule has 62 heavy (non-hydrogen) atoms. The lowest BCUT2D eigenvalue weighted by atomic mass is 10.1. The lowest BCUT2D eigenvalue weighted by Crippen LogP contribution is -2.18. The van der Waals surface area contributed by atoms with Crippen molar-refractivity contribution in [2.75, 3.05) is 24.7 Å². The monoisotopic (exact) mass is 938 g/mol. The SMILES string of the molecule is CNC(=O)c1cc(Oc2ccc3c(c2)nc(Nc2cccc(-c4ccoc4)c2)n3C)ccn1.CNC(=O)c1cc(Oc2ccc3c(c2)nc(Nc2cccc(I)c2)n3C)ccn1. The van der Waals surface area contributed by atoms with Crippen LogP contribution in [0.1, 0.15) is 21.0 Å². The Kier molecular flexibility index (Phi) is 12.1. The van der Waals surface area contributed by atoms with E-state index in [1.165, 1.54) is 0 Å². The van der Waals surface area contributed by atoms with Gasteiger partial charge in [-0.1, -0.05) is 18.2 Å². The molecule has 0 saturated heterocycles. The first-order chi connectivity index (χ1) is 30.1. The molecule has 15 nitrogen and oxygen atoms in total. The van der Waals surface area contributed by atoms with Crippen molar-refractivity contribution in [3.8, 4) is 34.1 Å². The van der Waals surface area contributed by atoms with Crippen molar-refractivity contribution in [1.82, 2.24) is 39.7 Å². The molecule has 5 aromatic heterocycles. The molecule has 310 valence electrons. The number of aryl methyl sites for hydroxylation is 2. The van der Waals surface area contributed by atoms with Gasteiger partial charge in [-0.05, 0) is 101 Å². The Bertz CT molecular complexity index is 3050. The van der Waals surface area contributed by atoms with E-state index in [1.807, 2.05) is 108 Å². The van der Waals surface area contributed by atoms with Crippen LogP contribution in [0.15, 0.2) is 145 Å². The number of nitrogens with one attached hydrogen (secondary N) is 4. The van der Waals surface area contributed by atoms with E-state index in [9.17, 15) is 9.59 Å². The number of fused-ring (bicyclic) bond motifs is 2. The van der Waals surface area contributed by atoms with Gasteiger partial charge < -0.3 is 44.3 Å². The number of carbonyl (C=O) groups excluding carboxylic acids is 2. The minimum atomic E-state index is -0.270. The quantitative estimate of drug-likeness (QED) is 0.0909. The zero-order chi connectivity index (χ0) is 43.2. The van der Waals surface area contributed by atoms with E-state index in [-0.39, 0.29) is 17.5 Å². The van der Waals surface area contributed by atoms with Gasteiger partial charge in [-0.3, -0.25) is 19.6 Å². The Balaban J connectivity index is 0.000000172. The molecule has 4 N–H and O–H groups in total. The average molecular weight is 939 g/mol. The summed E-state index contributed by atoms with van der Waals surface area (Å²) in [7, 11) is 7.04. The minimum absolute atomic E-state index is 0.262. The molecular weight excluding hydrogens is 899 g/mol. The van der Waals surface area contributed by atoms with E-state index in [0.717, 1.165) is 54.1 Å². The fraction of sp³-hybridized carbons (Fsp3) is 0.0870. The summed E-state index contributed by atoms with van der Waals surface area (Å²) in [6.07, 6.45) is 6.46. The smallest absolute Gasteiger partial charge is 0.269 e. The molecule has 0 aliphatic heterocycles. The van der Waals surface area contributed by atoms with Crippen LogP contribution in [-0.2, 0) is 14.1 Å². The number of nitrogens with zero attached hydrogens (tertiary/aromatic N) is 6. The van der Waals surface area contributed by atoms with Crippen LogP contribution in [0.2, 0.25) is 0 Å². The maximum atomic E-state index is 11.8. The van der Waals surface area contributed by atoms with Gasteiger partial charge in [0.1, 0.15) is 34.4 Å². The first-order valence-corrected chi connectivity index (χ1v) is 20.3. The highest BCUT2D eigenvalue weighted by molar-refractivity contribution is 14.1. The molecule has 0 bridgehead atoms. The molecule has 2 amide bonds. The summed E-state index contributed by atoms with van der Waals surface area (Å²) in [5.41, 5.74) is 8.07. The maximum absolute atomic E-state index is 11.8. The molecule has 9 aromatic rings. The molecule has 0 saturated carbocycles. The van der Waals surface area contributed by atoms with Crippen LogP contribution in [0.4, 0.5) is 23.3 Å². The van der Waals surface area contributed by atoms with Crippen LogP contribution >= 0.6 is 22.6 Å². The number of ether oxygens (including phenoxy) is 2. The van der Waals surface area contributed by atoms with E-state index in [0.29, 0.717) is 34.6 Å². The van der Waals surface area contributed by atoms with E-state index < -0.39 is 0 Å². The summed E-state index contributed by atoms with van der Waals surface area (Å²) < 4.78 is 22.2. The Morgan fingerprint density at radius 2 is 1.11 bits per heavy atom. The van der Waals surface area contributed by atoms with Crippen molar-refractivity contribution < 1.29 is 23.5 Å². The van der Waals surface area contributed by atoms with E-state index in [1.54, 1.807) is 63.3 Å². The molecule has 0 atom stereocenters. The highest BCUT2D eigenvalue weighted by Crippen LogP contribution is 2.31. The second-order valence-corrected chi connectivity index (χ2v) is 15.0. The molecular formula is C46H39IN10O5. The fourth-order valence-electron chi connectivity index (χ4n) is 6.47. The first-order valence-electron chi connectivity index (χ1n) is 19.2. The highest BCUT2D eigenvalue weighted by atomic mass is 127. The van der Waals surface area contributed by atoms with Crippen molar-refractivity contribution >= 4 is 79.7 Å². The van der Waals surface area contributed by atoms with Crippen molar-refractivity contribution in [1.29, 1.82) is 0 Å². The van der Waals surface area contributed by atoms with Gasteiger partial charge in [0.15, 0.2) is 0 Å². The normalized spacial score (nSPS) is 10.8. The van der Waals surface area contributed by atoms with Crippen molar-refractivity contribution in [3.63, 3.8) is 0 Å². The number of hydrogen-bond acceptors (Lipinski definition) is 11. The van der Waals surface area contributed by atoms with Crippen LogP contribution in [0.25, 0.3) is 33.2 Å².